The van der Waals surface area contributed by atoms with Gasteiger partial charge >= 0.3 is 12.4 Å². The molecule has 0 saturated carbocycles. The molecule has 23 nitrogen and oxygen atoms in total. The molecule has 0 unspecified atom stereocenters. The third kappa shape index (κ3) is 18.0. The SMILES string of the molecule is COc1cc(N2CCN(C(=O)Cn3nc(C(F)(F)F)c(Cl)c3C)CC2)c(C(=O)C#N)cc1Cl.COc1cc(N2CCN(C(=O)Cn3nc(C(F)(F)F)c(Cl)c3C)CC2)c(C(=O)N2CCN(c3ncccn3)CC2)cc1Cl.ClCCl.c1cnc(N2CCNCC2)nc1. The van der Waals surface area contributed by atoms with E-state index in [2.05, 4.69) is 40.3 Å². The van der Waals surface area contributed by atoms with Crippen molar-refractivity contribution in [2.45, 2.75) is 39.3 Å². The van der Waals surface area contributed by atoms with Crippen LogP contribution in [-0.2, 0) is 35.0 Å². The van der Waals surface area contributed by atoms with Crippen molar-refractivity contribution < 1.29 is 55.0 Å². The fraction of sp³-hybridized carbons (Fsp3) is 0.446. The number of aromatic nitrogens is 8. The van der Waals surface area contributed by atoms with Crippen LogP contribution < -0.4 is 34.4 Å². The number of alkyl halides is 8. The fourth-order valence-corrected chi connectivity index (χ4v) is 10.9. The molecule has 0 aliphatic carbocycles. The summed E-state index contributed by atoms with van der Waals surface area (Å²) in [4.78, 5) is 81.3. The summed E-state index contributed by atoms with van der Waals surface area (Å²) in [6, 6.07) is 11.4. The molecule has 0 bridgehead atoms. The minimum atomic E-state index is -4.72. The van der Waals surface area contributed by atoms with E-state index in [0.29, 0.717) is 91.8 Å². The topological polar surface area (TPSA) is 232 Å². The van der Waals surface area contributed by atoms with Gasteiger partial charge in [-0.05, 0) is 38.1 Å². The van der Waals surface area contributed by atoms with Crippen LogP contribution in [-0.4, -0.2) is 202 Å². The van der Waals surface area contributed by atoms with Gasteiger partial charge in [0.2, 0.25) is 23.7 Å². The van der Waals surface area contributed by atoms with E-state index >= 15 is 0 Å². The number of nitrogens with one attached hydrogen (secondary N) is 1. The molecule has 10 rings (SSSR count). The average Bonchev–Trinajstić information content (AvgIpc) is 1.76. The van der Waals surface area contributed by atoms with Gasteiger partial charge in [0.05, 0.1) is 73.5 Å². The van der Waals surface area contributed by atoms with Gasteiger partial charge in [-0.1, -0.05) is 46.4 Å². The van der Waals surface area contributed by atoms with Gasteiger partial charge in [-0.15, -0.1) is 23.2 Å². The van der Waals surface area contributed by atoms with E-state index in [0.717, 1.165) is 41.5 Å². The smallest absolute Gasteiger partial charge is 0.436 e. The van der Waals surface area contributed by atoms with Gasteiger partial charge in [-0.25, -0.2) is 19.9 Å². The number of rotatable bonds is 12. The number of hydrogen-bond acceptors (Lipinski definition) is 18. The minimum absolute atomic E-state index is 0.0453. The number of nitrogens with zero attached hydrogens (tertiary/aromatic N) is 16. The van der Waals surface area contributed by atoms with E-state index in [1.165, 1.54) is 39.0 Å². The molecule has 91 heavy (non-hydrogen) atoms. The van der Waals surface area contributed by atoms with Gasteiger partial charge in [-0.3, -0.25) is 28.5 Å². The Kier molecular flexibility index (Phi) is 25.2. The number of benzene rings is 2. The summed E-state index contributed by atoms with van der Waals surface area (Å²) < 4.78 is 91.2. The summed E-state index contributed by atoms with van der Waals surface area (Å²) in [6.07, 6.45) is -2.53. The number of ether oxygens (including phenoxy) is 2. The number of nitriles is 1. The maximum absolute atomic E-state index is 13.8. The number of piperazine rings is 4. The second-order valence-corrected chi connectivity index (χ2v) is 22.6. The zero-order valence-corrected chi connectivity index (χ0v) is 53.9. The standard InChI is InChI=1S/C27H29Cl2F3N8O3.C20H18Cl2F3N5O3.C8H12N4.CH2Cl2/c1-17-23(29)24(27(30,31)32)35-40(17)16-22(41)37-8-6-36(7-9-37)20-15-21(43-2)19(28)14-18(20)25(42)38-10-12-39(13-11-38)26-33-4-3-5-34-26;1-11-18(22)19(20(23,24)25)27-30(11)10-17(32)29-5-3-28(4-6-29)14-8-16(33-2)13(21)7-12(14)15(31)9-26;1-2-10-8(11-3-1)12-6-4-9-5-7-12;2-1-3/h3-5,14-15H,6-13,16H2,1-2H3;7-8H,3-6,10H2,1-2H3;1-3,9H,4-7H2;1H2. The van der Waals surface area contributed by atoms with E-state index in [9.17, 15) is 45.5 Å². The Morgan fingerprint density at radius 1 is 0.549 bits per heavy atom. The summed E-state index contributed by atoms with van der Waals surface area (Å²) >= 11 is 33.6. The third-order valence-corrected chi connectivity index (χ3v) is 16.3. The van der Waals surface area contributed by atoms with E-state index in [1.807, 2.05) is 20.8 Å². The second-order valence-electron chi connectivity index (χ2n) is 20.2. The van der Waals surface area contributed by atoms with Crippen LogP contribution in [0.2, 0.25) is 20.1 Å². The van der Waals surface area contributed by atoms with Crippen LogP contribution in [0.25, 0.3) is 0 Å². The van der Waals surface area contributed by atoms with Gasteiger partial charge < -0.3 is 49.1 Å². The molecule has 3 amide bonds. The van der Waals surface area contributed by atoms with Crippen LogP contribution in [0.3, 0.4) is 0 Å². The predicted molar refractivity (Wildman–Crippen MR) is 331 cm³/mol. The highest BCUT2D eigenvalue weighted by molar-refractivity contribution is 6.40. The number of amides is 3. The summed E-state index contributed by atoms with van der Waals surface area (Å²) in [6.45, 7) is 10.5. The van der Waals surface area contributed by atoms with Crippen molar-refractivity contribution in [3.05, 3.63) is 115 Å². The van der Waals surface area contributed by atoms with Crippen molar-refractivity contribution in [1.29, 1.82) is 5.26 Å². The minimum Gasteiger partial charge on any atom is -0.495 e. The molecule has 8 heterocycles. The molecule has 0 radical (unpaired) electrons. The van der Waals surface area contributed by atoms with E-state index in [-0.39, 0.29) is 71.9 Å². The van der Waals surface area contributed by atoms with Crippen molar-refractivity contribution in [3.8, 4) is 17.6 Å². The molecule has 4 fully saturated rings. The molecule has 4 aromatic heterocycles. The molecule has 35 heteroatoms. The number of Topliss-reactive ketones (excluding diaryl/α,β-unsaturated/α-hetero) is 1. The molecule has 490 valence electrons. The quantitative estimate of drug-likeness (QED) is 0.0523. The summed E-state index contributed by atoms with van der Waals surface area (Å²) in [5.41, 5.74) is -0.741. The highest BCUT2D eigenvalue weighted by Crippen LogP contribution is 2.39. The van der Waals surface area contributed by atoms with Crippen LogP contribution in [0.1, 0.15) is 43.5 Å². The number of carbonyl (C=O) groups excluding carboxylic acids is 4. The van der Waals surface area contributed by atoms with Gasteiger partial charge in [0.25, 0.3) is 11.7 Å². The van der Waals surface area contributed by atoms with Crippen molar-refractivity contribution in [3.63, 3.8) is 0 Å². The molecule has 4 aliphatic rings. The number of hydrogen-bond donors (Lipinski definition) is 1. The summed E-state index contributed by atoms with van der Waals surface area (Å²) in [5.74, 6) is 0.433. The first-order valence-corrected chi connectivity index (χ1v) is 30.4. The van der Waals surface area contributed by atoms with Crippen molar-refractivity contribution in [1.82, 2.24) is 59.5 Å². The Labute approximate surface area is 549 Å². The van der Waals surface area contributed by atoms with Gasteiger partial charge in [-0.2, -0.15) is 41.8 Å². The highest BCUT2D eigenvalue weighted by Gasteiger charge is 2.40. The Morgan fingerprint density at radius 2 is 0.901 bits per heavy atom. The highest BCUT2D eigenvalue weighted by atomic mass is 35.5. The Bertz CT molecular complexity index is 3520. The largest absolute Gasteiger partial charge is 0.495 e. The Balaban J connectivity index is 0.000000215. The molecule has 1 N–H and O–H groups in total. The van der Waals surface area contributed by atoms with Gasteiger partial charge in [0.15, 0.2) is 11.4 Å². The molecule has 0 atom stereocenters. The van der Waals surface area contributed by atoms with Gasteiger partial charge in [0.1, 0.15) is 30.7 Å². The lowest BCUT2D eigenvalue weighted by Gasteiger charge is -2.38. The fourth-order valence-electron chi connectivity index (χ4n) is 9.96. The van der Waals surface area contributed by atoms with Crippen LogP contribution in [0.5, 0.6) is 11.5 Å². The lowest BCUT2D eigenvalue weighted by atomic mass is 10.1. The Morgan fingerprint density at radius 3 is 1.26 bits per heavy atom. The number of halogens is 12. The van der Waals surface area contributed by atoms with Gasteiger partial charge in [0, 0.05) is 142 Å². The monoisotopic (exact) mass is 1390 g/mol. The van der Waals surface area contributed by atoms with E-state index < -0.39 is 52.0 Å². The van der Waals surface area contributed by atoms with Crippen molar-refractivity contribution >= 4 is 116 Å². The van der Waals surface area contributed by atoms with Crippen LogP contribution >= 0.6 is 69.6 Å². The first kappa shape index (κ1) is 71.1. The maximum Gasteiger partial charge on any atom is 0.436 e. The Hall–Kier alpha value is -7.33. The number of methoxy groups -OCH3 is 2. The normalized spacial score (nSPS) is 15.3. The summed E-state index contributed by atoms with van der Waals surface area (Å²) in [7, 11) is 2.91. The molecule has 4 aliphatic heterocycles. The lowest BCUT2D eigenvalue weighted by molar-refractivity contribution is -0.142. The van der Waals surface area contributed by atoms with Crippen LogP contribution in [0, 0.1) is 25.2 Å². The number of anilines is 4. The number of ketones is 1. The first-order valence-electron chi connectivity index (χ1n) is 27.8. The van der Waals surface area contributed by atoms with Crippen LogP contribution in [0.4, 0.5) is 49.6 Å². The molecular formula is C56H61Cl6F6N17O6. The first-order chi connectivity index (χ1) is 43.3. The van der Waals surface area contributed by atoms with Crippen molar-refractivity contribution in [2.24, 2.45) is 0 Å². The molecule has 2 aromatic carbocycles. The third-order valence-electron chi connectivity index (χ3n) is 14.8. The van der Waals surface area contributed by atoms with E-state index in [4.69, 9.17) is 84.3 Å². The summed E-state index contributed by atoms with van der Waals surface area (Å²) in [5, 5.41) is 18.9. The average molecular weight is 1390 g/mol. The van der Waals surface area contributed by atoms with E-state index in [1.54, 1.807) is 64.9 Å². The lowest BCUT2D eigenvalue weighted by Crippen LogP contribution is -2.51. The second kappa shape index (κ2) is 32.3. The molecule has 6 aromatic rings. The zero-order valence-electron chi connectivity index (χ0n) is 49.3. The molecule has 4 saturated heterocycles. The van der Waals surface area contributed by atoms with Crippen LogP contribution in [0.15, 0.2) is 61.2 Å². The molecule has 0 spiro atoms. The maximum atomic E-state index is 13.8. The predicted octanol–water partition coefficient (Wildman–Crippen LogP) is 8.52. The zero-order chi connectivity index (χ0) is 66.3. The number of carbonyl (C=O) groups is 4. The molecular weight excluding hydrogens is 1330 g/mol. The van der Waals surface area contributed by atoms with Crippen molar-refractivity contribution in [2.75, 3.05) is 144 Å².